The van der Waals surface area contributed by atoms with Crippen molar-refractivity contribution in [1.82, 2.24) is 29.7 Å². The molecule has 0 amide bonds. The highest BCUT2D eigenvalue weighted by Crippen LogP contribution is 2.40. The number of fused-ring (bicyclic) bond motifs is 2. The third kappa shape index (κ3) is 3.79. The van der Waals surface area contributed by atoms with E-state index in [1.54, 1.807) is 15.4 Å². The third-order valence-corrected chi connectivity index (χ3v) is 5.83. The SMILES string of the molecule is C=C1NC[C@H](C)Oc2c(-c3cn(C)nc3C)cc(F)cc2[C@@H](C)Nc2ccn3ncc1c3n2. The second-order valence-electron chi connectivity index (χ2n) is 8.47. The minimum absolute atomic E-state index is 0.225. The highest BCUT2D eigenvalue weighted by atomic mass is 19.1. The van der Waals surface area contributed by atoms with Crippen molar-refractivity contribution in [3.63, 3.8) is 0 Å². The number of rotatable bonds is 1. The Bertz CT molecular complexity index is 1370. The van der Waals surface area contributed by atoms with E-state index in [4.69, 9.17) is 9.72 Å². The molecule has 2 atom stereocenters. The summed E-state index contributed by atoms with van der Waals surface area (Å²) in [6.45, 7) is 10.5. The van der Waals surface area contributed by atoms with Crippen molar-refractivity contribution in [2.24, 2.45) is 7.05 Å². The van der Waals surface area contributed by atoms with E-state index in [9.17, 15) is 4.39 Å². The van der Waals surface area contributed by atoms with Gasteiger partial charge in [0.2, 0.25) is 0 Å². The van der Waals surface area contributed by atoms with E-state index in [1.165, 1.54) is 12.1 Å². The molecule has 1 aromatic carbocycles. The Morgan fingerprint density at radius 3 is 2.79 bits per heavy atom. The maximum absolute atomic E-state index is 14.9. The minimum atomic E-state index is -0.339. The average Bonchev–Trinajstić information content (AvgIpc) is 3.34. The fraction of sp³-hybridized carbons (Fsp3) is 0.292. The summed E-state index contributed by atoms with van der Waals surface area (Å²) in [6.07, 6.45) is 5.23. The molecule has 0 radical (unpaired) electrons. The summed E-state index contributed by atoms with van der Waals surface area (Å²) in [5, 5.41) is 15.5. The highest BCUT2D eigenvalue weighted by molar-refractivity contribution is 5.75. The first kappa shape index (κ1) is 21.0. The standard InChI is InChI=1S/C24H26FN7O/c1-13-10-26-14(2)20-11-27-32-7-6-22(29-24(20)32)28-15(3)18-8-17(25)9-19(23(18)33-13)21-12-31(5)30-16(21)4/h6-9,11-13,15,26H,2,10H2,1,3-5H3,(H,28,29)/t13-,15+/m0/s1. The number of nitrogens with zero attached hydrogens (tertiary/aromatic N) is 5. The molecule has 1 aliphatic heterocycles. The van der Waals surface area contributed by atoms with Crippen LogP contribution in [0.2, 0.25) is 0 Å². The molecule has 170 valence electrons. The van der Waals surface area contributed by atoms with Crippen LogP contribution in [-0.2, 0) is 7.05 Å². The van der Waals surface area contributed by atoms with Crippen LogP contribution in [0.15, 0.2) is 43.4 Å². The van der Waals surface area contributed by atoms with Gasteiger partial charge in [-0.25, -0.2) is 13.9 Å². The fourth-order valence-electron chi connectivity index (χ4n) is 4.20. The van der Waals surface area contributed by atoms with E-state index in [1.807, 2.05) is 46.3 Å². The predicted molar refractivity (Wildman–Crippen MR) is 125 cm³/mol. The Morgan fingerprint density at radius 1 is 1.21 bits per heavy atom. The van der Waals surface area contributed by atoms with E-state index in [0.717, 1.165) is 16.8 Å². The van der Waals surface area contributed by atoms with Crippen molar-refractivity contribution >= 4 is 17.2 Å². The minimum Gasteiger partial charge on any atom is -0.488 e. The van der Waals surface area contributed by atoms with Gasteiger partial charge in [0.05, 0.1) is 30.0 Å². The van der Waals surface area contributed by atoms with Crippen molar-refractivity contribution in [2.75, 3.05) is 11.9 Å². The van der Waals surface area contributed by atoms with Gasteiger partial charge in [0.1, 0.15) is 23.5 Å². The van der Waals surface area contributed by atoms with Crippen molar-refractivity contribution in [3.05, 3.63) is 66.0 Å². The summed E-state index contributed by atoms with van der Waals surface area (Å²) in [5.74, 6) is 0.927. The summed E-state index contributed by atoms with van der Waals surface area (Å²) in [5.41, 5.74) is 5.21. The van der Waals surface area contributed by atoms with Gasteiger partial charge >= 0.3 is 0 Å². The zero-order valence-electron chi connectivity index (χ0n) is 19.1. The van der Waals surface area contributed by atoms with E-state index in [2.05, 4.69) is 27.4 Å². The molecule has 33 heavy (non-hydrogen) atoms. The normalized spacial score (nSPS) is 18.5. The molecule has 0 fully saturated rings. The molecule has 0 unspecified atom stereocenters. The van der Waals surface area contributed by atoms with Crippen molar-refractivity contribution < 1.29 is 9.13 Å². The number of benzene rings is 1. The molecule has 5 rings (SSSR count). The van der Waals surface area contributed by atoms with Crippen LogP contribution in [0.1, 0.15) is 36.7 Å². The number of anilines is 1. The van der Waals surface area contributed by atoms with Gasteiger partial charge in [0.25, 0.3) is 0 Å². The monoisotopic (exact) mass is 447 g/mol. The van der Waals surface area contributed by atoms with Gasteiger partial charge < -0.3 is 15.4 Å². The van der Waals surface area contributed by atoms with Gasteiger partial charge in [-0.15, -0.1) is 0 Å². The molecule has 2 N–H and O–H groups in total. The number of nitrogens with one attached hydrogen (secondary N) is 2. The summed E-state index contributed by atoms with van der Waals surface area (Å²) in [7, 11) is 1.85. The molecule has 8 nitrogen and oxygen atoms in total. The van der Waals surface area contributed by atoms with Gasteiger partial charge in [-0.2, -0.15) is 10.2 Å². The average molecular weight is 448 g/mol. The van der Waals surface area contributed by atoms with Crippen molar-refractivity contribution in [2.45, 2.75) is 32.9 Å². The van der Waals surface area contributed by atoms with Crippen LogP contribution in [0, 0.1) is 12.7 Å². The number of halogens is 1. The molecule has 0 spiro atoms. The quantitative estimate of drug-likeness (QED) is 0.457. The smallest absolute Gasteiger partial charge is 0.166 e. The van der Waals surface area contributed by atoms with Gasteiger partial charge in [0, 0.05) is 41.8 Å². The first-order chi connectivity index (χ1) is 15.8. The van der Waals surface area contributed by atoms with Crippen molar-refractivity contribution in [1.29, 1.82) is 0 Å². The molecular formula is C24H26FN7O. The third-order valence-electron chi connectivity index (χ3n) is 5.83. The molecule has 2 bridgehead atoms. The van der Waals surface area contributed by atoms with Crippen LogP contribution in [0.4, 0.5) is 10.2 Å². The van der Waals surface area contributed by atoms with E-state index in [0.29, 0.717) is 40.6 Å². The maximum atomic E-state index is 14.9. The van der Waals surface area contributed by atoms with Gasteiger partial charge in [-0.05, 0) is 39.0 Å². The Balaban J connectivity index is 1.68. The van der Waals surface area contributed by atoms with Crippen LogP contribution < -0.4 is 15.4 Å². The molecule has 0 saturated heterocycles. The Morgan fingerprint density at radius 2 is 2.03 bits per heavy atom. The van der Waals surface area contributed by atoms with Crippen LogP contribution in [-0.4, -0.2) is 37.0 Å². The van der Waals surface area contributed by atoms with Gasteiger partial charge in [-0.1, -0.05) is 6.58 Å². The zero-order valence-corrected chi connectivity index (χ0v) is 19.1. The Hall–Kier alpha value is -3.88. The fourth-order valence-corrected chi connectivity index (χ4v) is 4.20. The molecule has 3 aromatic heterocycles. The molecule has 4 aromatic rings. The lowest BCUT2D eigenvalue weighted by molar-refractivity contribution is 0.221. The lowest BCUT2D eigenvalue weighted by Gasteiger charge is -2.24. The molecule has 9 heteroatoms. The second-order valence-corrected chi connectivity index (χ2v) is 8.47. The van der Waals surface area contributed by atoms with Crippen LogP contribution >= 0.6 is 0 Å². The molecular weight excluding hydrogens is 421 g/mol. The van der Waals surface area contributed by atoms with E-state index < -0.39 is 0 Å². The summed E-state index contributed by atoms with van der Waals surface area (Å²) in [6, 6.07) is 4.58. The van der Waals surface area contributed by atoms with E-state index in [-0.39, 0.29) is 18.0 Å². The van der Waals surface area contributed by atoms with Crippen LogP contribution in [0.25, 0.3) is 22.5 Å². The molecule has 0 aliphatic carbocycles. The first-order valence-electron chi connectivity index (χ1n) is 10.8. The largest absolute Gasteiger partial charge is 0.488 e. The molecule has 0 saturated carbocycles. The Kier molecular flexibility index (Phi) is 5.03. The lowest BCUT2D eigenvalue weighted by Crippen LogP contribution is -2.28. The molecule has 4 heterocycles. The summed E-state index contributed by atoms with van der Waals surface area (Å²) < 4.78 is 24.8. The lowest BCUT2D eigenvalue weighted by atomic mass is 9.98. The van der Waals surface area contributed by atoms with E-state index >= 15 is 0 Å². The topological polar surface area (TPSA) is 81.3 Å². The predicted octanol–water partition coefficient (Wildman–Crippen LogP) is 4.09. The zero-order chi connectivity index (χ0) is 23.3. The van der Waals surface area contributed by atoms with Gasteiger partial charge in [0.15, 0.2) is 5.65 Å². The first-order valence-corrected chi connectivity index (χ1v) is 10.8. The summed E-state index contributed by atoms with van der Waals surface area (Å²) >= 11 is 0. The maximum Gasteiger partial charge on any atom is 0.166 e. The van der Waals surface area contributed by atoms with Crippen LogP contribution in [0.3, 0.4) is 0 Å². The number of hydrogen-bond acceptors (Lipinski definition) is 6. The number of aromatic nitrogens is 5. The van der Waals surface area contributed by atoms with Crippen molar-refractivity contribution in [3.8, 4) is 16.9 Å². The van der Waals surface area contributed by atoms with Gasteiger partial charge in [-0.3, -0.25) is 4.68 Å². The summed E-state index contributed by atoms with van der Waals surface area (Å²) in [4.78, 5) is 4.73. The number of aryl methyl sites for hydroxylation is 2. The number of hydrogen-bond donors (Lipinski definition) is 2. The number of ether oxygens (including phenoxy) is 1. The molecule has 1 aliphatic rings. The van der Waals surface area contributed by atoms with Crippen LogP contribution in [0.5, 0.6) is 5.75 Å². The second kappa shape index (κ2) is 7.91. The highest BCUT2D eigenvalue weighted by Gasteiger charge is 2.24. The Labute approximate surface area is 191 Å².